The lowest BCUT2D eigenvalue weighted by Gasteiger charge is -2.04. The van der Waals surface area contributed by atoms with E-state index in [2.05, 4.69) is 0 Å². The molecule has 1 aromatic carbocycles. The van der Waals surface area contributed by atoms with E-state index in [9.17, 15) is 13.9 Å². The van der Waals surface area contributed by atoms with Gasteiger partial charge in [-0.05, 0) is 12.1 Å². The van der Waals surface area contributed by atoms with E-state index in [1.54, 1.807) is 0 Å². The molecular weight excluding hydrogens is 178 g/mol. The van der Waals surface area contributed by atoms with E-state index < -0.39 is 17.4 Å². The summed E-state index contributed by atoms with van der Waals surface area (Å²) in [5, 5.41) is 9.18. The predicted molar refractivity (Wildman–Crippen MR) is 41.5 cm³/mol. The molecule has 70 valence electrons. The van der Waals surface area contributed by atoms with Crippen molar-refractivity contribution in [2.24, 2.45) is 0 Å². The number of ether oxygens (including phenoxy) is 1. The van der Waals surface area contributed by atoms with Crippen LogP contribution in [0.2, 0.25) is 0 Å². The van der Waals surface area contributed by atoms with E-state index in [0.717, 1.165) is 12.1 Å². The van der Waals surface area contributed by atoms with Gasteiger partial charge in [0.25, 0.3) is 0 Å². The van der Waals surface area contributed by atoms with Crippen LogP contribution in [0, 0.1) is 11.6 Å². The Kier molecular flexibility index (Phi) is 1.92. The van der Waals surface area contributed by atoms with Crippen molar-refractivity contribution < 1.29 is 18.6 Å². The zero-order valence-electron chi connectivity index (χ0n) is 6.76. The van der Waals surface area contributed by atoms with Gasteiger partial charge in [-0.2, -0.15) is 0 Å². The minimum absolute atomic E-state index is 0.00231. The predicted octanol–water partition coefficient (Wildman–Crippen LogP) is 1.61. The topological polar surface area (TPSA) is 32.8 Å². The minimum Gasteiger partial charge on any atom is -0.505 e. The van der Waals surface area contributed by atoms with Crippen molar-refractivity contribution in [3.05, 3.63) is 29.3 Å². The molecule has 2 rings (SSSR count). The van der Waals surface area contributed by atoms with Gasteiger partial charge in [0.15, 0.2) is 11.6 Å². The van der Waals surface area contributed by atoms with Crippen LogP contribution in [0.5, 0.6) is 5.75 Å². The van der Waals surface area contributed by atoms with Crippen molar-refractivity contribution in [1.29, 1.82) is 0 Å². The summed E-state index contributed by atoms with van der Waals surface area (Å²) in [4.78, 5) is 0. The molecule has 4 heteroatoms. The highest BCUT2D eigenvalue weighted by molar-refractivity contribution is 5.35. The summed E-state index contributed by atoms with van der Waals surface area (Å²) >= 11 is 0. The third kappa shape index (κ3) is 1.62. The normalized spacial score (nSPS) is 20.3. The zero-order chi connectivity index (χ0) is 9.42. The maximum Gasteiger partial charge on any atom is 0.165 e. The molecule has 0 spiro atoms. The SMILES string of the molecule is Oc1c(F)ccc(F)c1CC1CO1. The number of halogens is 2. The van der Waals surface area contributed by atoms with Gasteiger partial charge in [0.05, 0.1) is 12.7 Å². The highest BCUT2D eigenvalue weighted by Gasteiger charge is 2.26. The lowest BCUT2D eigenvalue weighted by molar-refractivity contribution is 0.388. The van der Waals surface area contributed by atoms with E-state index in [0.29, 0.717) is 6.61 Å². The van der Waals surface area contributed by atoms with Crippen LogP contribution >= 0.6 is 0 Å². The molecule has 1 aliphatic heterocycles. The molecule has 0 aliphatic carbocycles. The molecule has 1 fully saturated rings. The Balaban J connectivity index is 2.34. The quantitative estimate of drug-likeness (QED) is 0.712. The molecule has 1 atom stereocenters. The van der Waals surface area contributed by atoms with Gasteiger partial charge in [-0.1, -0.05) is 0 Å². The molecule has 0 saturated carbocycles. The van der Waals surface area contributed by atoms with Crippen molar-refractivity contribution in [3.63, 3.8) is 0 Å². The monoisotopic (exact) mass is 186 g/mol. The lowest BCUT2D eigenvalue weighted by atomic mass is 10.1. The number of aromatic hydroxyl groups is 1. The number of hydrogen-bond donors (Lipinski definition) is 1. The molecule has 1 unspecified atom stereocenters. The van der Waals surface area contributed by atoms with Gasteiger partial charge in [0.1, 0.15) is 5.82 Å². The molecule has 13 heavy (non-hydrogen) atoms. The second kappa shape index (κ2) is 2.96. The first kappa shape index (κ1) is 8.44. The van der Waals surface area contributed by atoms with Crippen molar-refractivity contribution in [2.45, 2.75) is 12.5 Å². The summed E-state index contributed by atoms with van der Waals surface area (Å²) in [6.45, 7) is 0.551. The number of benzene rings is 1. The van der Waals surface area contributed by atoms with Crippen molar-refractivity contribution in [1.82, 2.24) is 0 Å². The van der Waals surface area contributed by atoms with Crippen molar-refractivity contribution >= 4 is 0 Å². The highest BCUT2D eigenvalue weighted by Crippen LogP contribution is 2.28. The molecule has 0 aromatic heterocycles. The molecule has 1 saturated heterocycles. The third-order valence-electron chi connectivity index (χ3n) is 2.01. The number of phenolic OH excluding ortho intramolecular Hbond substituents is 1. The minimum atomic E-state index is -0.794. The number of rotatable bonds is 2. The van der Waals surface area contributed by atoms with Crippen LogP contribution in [0.4, 0.5) is 8.78 Å². The fourth-order valence-electron chi connectivity index (χ4n) is 1.19. The van der Waals surface area contributed by atoms with Gasteiger partial charge in [-0.15, -0.1) is 0 Å². The summed E-state index contributed by atoms with van der Waals surface area (Å²) < 4.78 is 30.7. The van der Waals surface area contributed by atoms with Crippen LogP contribution in [0.3, 0.4) is 0 Å². The molecule has 0 bridgehead atoms. The Morgan fingerprint density at radius 1 is 1.38 bits per heavy atom. The molecule has 2 nitrogen and oxygen atoms in total. The summed E-state index contributed by atoms with van der Waals surface area (Å²) in [7, 11) is 0. The van der Waals surface area contributed by atoms with Crippen LogP contribution in [-0.2, 0) is 11.2 Å². The zero-order valence-corrected chi connectivity index (χ0v) is 6.76. The van der Waals surface area contributed by atoms with Crippen molar-refractivity contribution in [3.8, 4) is 5.75 Å². The Labute approximate surface area is 73.8 Å². The van der Waals surface area contributed by atoms with Gasteiger partial charge in [0.2, 0.25) is 0 Å². The molecular formula is C9H8F2O2. The Morgan fingerprint density at radius 3 is 2.62 bits per heavy atom. The molecule has 1 N–H and O–H groups in total. The average molecular weight is 186 g/mol. The molecule has 0 amide bonds. The second-order valence-electron chi connectivity index (χ2n) is 3.02. The largest absolute Gasteiger partial charge is 0.505 e. The van der Waals surface area contributed by atoms with Crippen LogP contribution < -0.4 is 0 Å². The fourth-order valence-corrected chi connectivity index (χ4v) is 1.19. The first-order valence-corrected chi connectivity index (χ1v) is 3.96. The summed E-state index contributed by atoms with van der Waals surface area (Å²) in [6, 6.07) is 1.91. The van der Waals surface area contributed by atoms with E-state index in [4.69, 9.17) is 4.74 Å². The third-order valence-corrected chi connectivity index (χ3v) is 2.01. The van der Waals surface area contributed by atoms with E-state index in [1.165, 1.54) is 0 Å². The molecule has 1 aliphatic rings. The van der Waals surface area contributed by atoms with Gasteiger partial charge in [-0.3, -0.25) is 0 Å². The molecule has 1 heterocycles. The van der Waals surface area contributed by atoms with Crippen LogP contribution in [0.25, 0.3) is 0 Å². The highest BCUT2D eigenvalue weighted by atomic mass is 19.1. The lowest BCUT2D eigenvalue weighted by Crippen LogP contribution is -1.98. The standard InChI is InChI=1S/C9H8F2O2/c10-7-1-2-8(11)9(12)6(7)3-5-4-13-5/h1-2,5,12H,3-4H2. The Hall–Kier alpha value is -1.16. The van der Waals surface area contributed by atoms with E-state index >= 15 is 0 Å². The second-order valence-corrected chi connectivity index (χ2v) is 3.02. The van der Waals surface area contributed by atoms with E-state index in [1.807, 2.05) is 0 Å². The van der Waals surface area contributed by atoms with Crippen LogP contribution in [-0.4, -0.2) is 17.8 Å². The van der Waals surface area contributed by atoms with Gasteiger partial charge >= 0.3 is 0 Å². The summed E-state index contributed by atoms with van der Waals surface area (Å²) in [5.41, 5.74) is 0.00231. The average Bonchev–Trinajstić information content (AvgIpc) is 2.89. The maximum absolute atomic E-state index is 13.0. The summed E-state index contributed by atoms with van der Waals surface area (Å²) in [5.74, 6) is -1.98. The van der Waals surface area contributed by atoms with E-state index in [-0.39, 0.29) is 18.1 Å². The smallest absolute Gasteiger partial charge is 0.165 e. The first-order chi connectivity index (χ1) is 6.18. The Morgan fingerprint density at radius 2 is 2.00 bits per heavy atom. The fraction of sp³-hybridized carbons (Fsp3) is 0.333. The molecule has 0 radical (unpaired) electrons. The summed E-state index contributed by atoms with van der Waals surface area (Å²) in [6.07, 6.45) is 0.164. The van der Waals surface area contributed by atoms with Crippen molar-refractivity contribution in [2.75, 3.05) is 6.61 Å². The molecule has 1 aromatic rings. The number of hydrogen-bond acceptors (Lipinski definition) is 2. The van der Waals surface area contributed by atoms with Gasteiger partial charge in [-0.25, -0.2) is 8.78 Å². The Bertz CT molecular complexity index is 335. The van der Waals surface area contributed by atoms with Gasteiger partial charge in [0, 0.05) is 12.0 Å². The number of phenols is 1. The number of epoxide rings is 1. The maximum atomic E-state index is 13.0. The van der Waals surface area contributed by atoms with Crippen LogP contribution in [0.15, 0.2) is 12.1 Å². The van der Waals surface area contributed by atoms with Crippen LogP contribution in [0.1, 0.15) is 5.56 Å². The van der Waals surface area contributed by atoms with Gasteiger partial charge < -0.3 is 9.84 Å². The first-order valence-electron chi connectivity index (χ1n) is 3.96.